The summed E-state index contributed by atoms with van der Waals surface area (Å²) >= 11 is 3.35. The summed E-state index contributed by atoms with van der Waals surface area (Å²) in [5.74, 6) is -0.307. The molecule has 1 N–H and O–H groups in total. The summed E-state index contributed by atoms with van der Waals surface area (Å²) in [6, 6.07) is 7.63. The van der Waals surface area contributed by atoms with Crippen molar-refractivity contribution in [3.63, 3.8) is 0 Å². The van der Waals surface area contributed by atoms with Crippen molar-refractivity contribution in [3.05, 3.63) is 28.7 Å². The van der Waals surface area contributed by atoms with Crippen molar-refractivity contribution in [2.24, 2.45) is 0 Å². The van der Waals surface area contributed by atoms with Gasteiger partial charge in [0.05, 0.1) is 0 Å². The average molecular weight is 353 g/mol. The van der Waals surface area contributed by atoms with Crippen molar-refractivity contribution >= 4 is 33.4 Å². The third kappa shape index (κ3) is 4.56. The molecule has 1 atom stereocenters. The first-order chi connectivity index (χ1) is 10.1. The molecule has 1 saturated heterocycles. The molecule has 1 fully saturated rings. The molecule has 0 aliphatic carbocycles. The molecule has 5 heteroatoms. The molecule has 1 unspecified atom stereocenters. The van der Waals surface area contributed by atoms with E-state index in [0.717, 1.165) is 30.3 Å². The van der Waals surface area contributed by atoms with Crippen LogP contribution in [0.15, 0.2) is 28.7 Å². The summed E-state index contributed by atoms with van der Waals surface area (Å²) in [5.41, 5.74) is 0.710. The maximum Gasteiger partial charge on any atom is 0.233 e. The Morgan fingerprint density at radius 2 is 2.00 bits per heavy atom. The predicted molar refractivity (Wildman–Crippen MR) is 87.0 cm³/mol. The van der Waals surface area contributed by atoms with Gasteiger partial charge in [0.15, 0.2) is 0 Å². The zero-order valence-electron chi connectivity index (χ0n) is 12.3. The van der Waals surface area contributed by atoms with Crippen molar-refractivity contribution in [1.29, 1.82) is 0 Å². The maximum absolute atomic E-state index is 12.3. The van der Waals surface area contributed by atoms with Crippen LogP contribution in [0.4, 0.5) is 5.69 Å². The van der Waals surface area contributed by atoms with E-state index < -0.39 is 0 Å². The topological polar surface area (TPSA) is 49.4 Å². The number of rotatable bonds is 4. The highest BCUT2D eigenvalue weighted by atomic mass is 79.9. The van der Waals surface area contributed by atoms with Crippen molar-refractivity contribution in [2.75, 3.05) is 11.9 Å². The first-order valence-corrected chi connectivity index (χ1v) is 8.24. The molecule has 21 heavy (non-hydrogen) atoms. The minimum atomic E-state index is -0.247. The molecule has 1 aromatic rings. The molecular formula is C16H21BrN2O2. The van der Waals surface area contributed by atoms with E-state index in [1.807, 2.05) is 29.2 Å². The van der Waals surface area contributed by atoms with Crippen LogP contribution in [0.2, 0.25) is 0 Å². The molecule has 0 spiro atoms. The van der Waals surface area contributed by atoms with E-state index in [2.05, 4.69) is 28.2 Å². The highest BCUT2D eigenvalue weighted by Crippen LogP contribution is 2.20. The summed E-state index contributed by atoms with van der Waals surface area (Å²) in [7, 11) is 0. The quantitative estimate of drug-likeness (QED) is 0.842. The second kappa shape index (κ2) is 7.59. The number of hydrogen-bond acceptors (Lipinski definition) is 2. The van der Waals surface area contributed by atoms with E-state index in [9.17, 15) is 9.59 Å². The fraction of sp³-hybridized carbons (Fsp3) is 0.500. The van der Waals surface area contributed by atoms with Gasteiger partial charge in [0.1, 0.15) is 6.42 Å². The number of nitrogens with one attached hydrogen (secondary N) is 1. The van der Waals surface area contributed by atoms with Gasteiger partial charge in [-0.2, -0.15) is 0 Å². The van der Waals surface area contributed by atoms with E-state index >= 15 is 0 Å². The number of halogens is 1. The van der Waals surface area contributed by atoms with Gasteiger partial charge in [0.25, 0.3) is 0 Å². The summed E-state index contributed by atoms with van der Waals surface area (Å²) in [4.78, 5) is 26.1. The van der Waals surface area contributed by atoms with Crippen LogP contribution in [0.3, 0.4) is 0 Å². The Balaban J connectivity index is 1.89. The lowest BCUT2D eigenvalue weighted by atomic mass is 9.99. The van der Waals surface area contributed by atoms with Crippen molar-refractivity contribution < 1.29 is 9.59 Å². The number of likely N-dealkylation sites (tertiary alicyclic amines) is 1. The van der Waals surface area contributed by atoms with Gasteiger partial charge in [-0.1, -0.05) is 22.9 Å². The molecule has 2 rings (SSSR count). The summed E-state index contributed by atoms with van der Waals surface area (Å²) in [6.45, 7) is 2.88. The van der Waals surface area contributed by atoms with E-state index in [-0.39, 0.29) is 18.2 Å². The molecule has 114 valence electrons. The first-order valence-electron chi connectivity index (χ1n) is 7.45. The van der Waals surface area contributed by atoms with Gasteiger partial charge in [-0.15, -0.1) is 0 Å². The number of piperidine rings is 1. The van der Waals surface area contributed by atoms with Crippen LogP contribution in [-0.4, -0.2) is 29.3 Å². The summed E-state index contributed by atoms with van der Waals surface area (Å²) in [6.07, 6.45) is 4.15. The average Bonchev–Trinajstić information content (AvgIpc) is 2.49. The molecule has 0 saturated carbocycles. The van der Waals surface area contributed by atoms with Crippen LogP contribution in [0.25, 0.3) is 0 Å². The number of nitrogens with zero attached hydrogens (tertiary/aromatic N) is 1. The molecule has 1 aliphatic heterocycles. The van der Waals surface area contributed by atoms with Gasteiger partial charge in [0, 0.05) is 22.7 Å². The fourth-order valence-corrected chi connectivity index (χ4v) is 2.99. The largest absolute Gasteiger partial charge is 0.339 e. The van der Waals surface area contributed by atoms with Gasteiger partial charge in [0.2, 0.25) is 11.8 Å². The Kier molecular flexibility index (Phi) is 5.79. The van der Waals surface area contributed by atoms with Gasteiger partial charge >= 0.3 is 0 Å². The van der Waals surface area contributed by atoms with Crippen LogP contribution in [0.5, 0.6) is 0 Å². The SMILES string of the molecule is CCC1CCCCN1C(=O)CC(=O)Nc1ccc(Br)cc1. The predicted octanol–water partition coefficient (Wildman–Crippen LogP) is 3.57. The Bertz CT molecular complexity index is 502. The van der Waals surface area contributed by atoms with Gasteiger partial charge in [-0.05, 0) is 49.9 Å². The van der Waals surface area contributed by atoms with Crippen LogP contribution >= 0.6 is 15.9 Å². The third-order valence-corrected chi connectivity index (χ3v) is 4.39. The number of carbonyl (C=O) groups is 2. The Labute approximate surface area is 134 Å². The van der Waals surface area contributed by atoms with Crippen LogP contribution in [0, 0.1) is 0 Å². The van der Waals surface area contributed by atoms with Gasteiger partial charge < -0.3 is 10.2 Å². The number of benzene rings is 1. The van der Waals surface area contributed by atoms with Crippen LogP contribution < -0.4 is 5.32 Å². The zero-order valence-corrected chi connectivity index (χ0v) is 13.9. The second-order valence-electron chi connectivity index (χ2n) is 5.38. The van der Waals surface area contributed by atoms with Crippen LogP contribution in [0.1, 0.15) is 39.0 Å². The summed E-state index contributed by atoms with van der Waals surface area (Å²) < 4.78 is 0.954. The summed E-state index contributed by atoms with van der Waals surface area (Å²) in [5, 5.41) is 2.76. The lowest BCUT2D eigenvalue weighted by Crippen LogP contribution is -2.44. The highest BCUT2D eigenvalue weighted by Gasteiger charge is 2.26. The van der Waals surface area contributed by atoms with Crippen LogP contribution in [-0.2, 0) is 9.59 Å². The normalized spacial score (nSPS) is 18.4. The molecule has 0 bridgehead atoms. The Morgan fingerprint density at radius 1 is 1.29 bits per heavy atom. The number of amides is 2. The lowest BCUT2D eigenvalue weighted by Gasteiger charge is -2.35. The minimum Gasteiger partial charge on any atom is -0.339 e. The number of anilines is 1. The molecule has 2 amide bonds. The lowest BCUT2D eigenvalue weighted by molar-refractivity contribution is -0.137. The Morgan fingerprint density at radius 3 is 2.67 bits per heavy atom. The fourth-order valence-electron chi connectivity index (χ4n) is 2.73. The van der Waals surface area contributed by atoms with E-state index in [1.54, 1.807) is 0 Å². The minimum absolute atomic E-state index is 0.0591. The molecule has 1 aliphatic rings. The zero-order chi connectivity index (χ0) is 15.2. The van der Waals surface area contributed by atoms with Crippen molar-refractivity contribution in [1.82, 2.24) is 4.90 Å². The molecule has 1 heterocycles. The number of carbonyl (C=O) groups excluding carboxylic acids is 2. The van der Waals surface area contributed by atoms with Crippen molar-refractivity contribution in [2.45, 2.75) is 45.1 Å². The van der Waals surface area contributed by atoms with E-state index in [4.69, 9.17) is 0 Å². The standard InChI is InChI=1S/C16H21BrN2O2/c1-2-14-5-3-4-10-19(14)16(21)11-15(20)18-13-8-6-12(17)7-9-13/h6-9,14H,2-5,10-11H2,1H3,(H,18,20). The first kappa shape index (κ1) is 16.0. The molecule has 1 aromatic carbocycles. The smallest absolute Gasteiger partial charge is 0.233 e. The molecular weight excluding hydrogens is 332 g/mol. The Hall–Kier alpha value is -1.36. The molecule has 0 aromatic heterocycles. The van der Waals surface area contributed by atoms with Crippen molar-refractivity contribution in [3.8, 4) is 0 Å². The third-order valence-electron chi connectivity index (χ3n) is 3.86. The highest BCUT2D eigenvalue weighted by molar-refractivity contribution is 9.10. The maximum atomic E-state index is 12.3. The van der Waals surface area contributed by atoms with E-state index in [1.165, 1.54) is 6.42 Å². The monoisotopic (exact) mass is 352 g/mol. The molecule has 4 nitrogen and oxygen atoms in total. The second-order valence-corrected chi connectivity index (χ2v) is 6.29. The number of hydrogen-bond donors (Lipinski definition) is 1. The van der Waals surface area contributed by atoms with E-state index in [0.29, 0.717) is 11.7 Å². The van der Waals surface area contributed by atoms with Gasteiger partial charge in [-0.25, -0.2) is 0 Å². The molecule has 0 radical (unpaired) electrons. The van der Waals surface area contributed by atoms with Gasteiger partial charge in [-0.3, -0.25) is 9.59 Å².